The molecule has 1 unspecified atom stereocenters. The van der Waals surface area contributed by atoms with Crippen molar-refractivity contribution in [3.63, 3.8) is 0 Å². The summed E-state index contributed by atoms with van der Waals surface area (Å²) in [6.07, 6.45) is 5.39. The zero-order valence-electron chi connectivity index (χ0n) is 17.3. The molecule has 3 rings (SSSR count). The van der Waals surface area contributed by atoms with E-state index in [1.165, 1.54) is 16.7 Å². The van der Waals surface area contributed by atoms with E-state index in [-0.39, 0.29) is 23.1 Å². The highest BCUT2D eigenvalue weighted by Crippen LogP contribution is 2.41. The molecule has 1 aromatic rings. The van der Waals surface area contributed by atoms with Gasteiger partial charge in [0.25, 0.3) is 0 Å². The first-order valence-corrected chi connectivity index (χ1v) is 11.3. The second-order valence-corrected chi connectivity index (χ2v) is 9.78. The lowest BCUT2D eigenvalue weighted by atomic mass is 9.74. The summed E-state index contributed by atoms with van der Waals surface area (Å²) in [4.78, 5) is 12.4. The summed E-state index contributed by atoms with van der Waals surface area (Å²) < 4.78 is 5.40. The lowest BCUT2D eigenvalue weighted by Gasteiger charge is -2.33. The van der Waals surface area contributed by atoms with Gasteiger partial charge in [-0.3, -0.25) is 0 Å². The van der Waals surface area contributed by atoms with E-state index in [4.69, 9.17) is 4.74 Å². The van der Waals surface area contributed by atoms with E-state index < -0.39 is 11.6 Å². The number of cyclic esters (lactones) is 1. The number of esters is 1. The number of fused-ring (bicyclic) bond motifs is 3. The van der Waals surface area contributed by atoms with Gasteiger partial charge >= 0.3 is 5.97 Å². The number of hydrogen-bond acceptors (Lipinski definition) is 4. The minimum Gasteiger partial charge on any atom is -0.508 e. The van der Waals surface area contributed by atoms with Crippen molar-refractivity contribution in [2.24, 2.45) is 5.92 Å². The monoisotopic (exact) mass is 462 g/mol. The maximum absolute atomic E-state index is 12.5. The number of hydrogen-bond donors (Lipinski definition) is 2. The average molecular weight is 463 g/mol. The molecule has 2 N–H and O–H groups in total. The van der Waals surface area contributed by atoms with Gasteiger partial charge in [0, 0.05) is 10.7 Å². The van der Waals surface area contributed by atoms with Crippen LogP contribution in [0, 0.1) is 5.92 Å². The summed E-state index contributed by atoms with van der Waals surface area (Å²) in [5.74, 6) is 0.0219. The van der Waals surface area contributed by atoms with Gasteiger partial charge in [0.05, 0.1) is 17.8 Å². The third-order valence-corrected chi connectivity index (χ3v) is 7.87. The Hall–Kier alpha value is -1.59. The third-order valence-electron chi connectivity index (χ3n) is 6.42. The minimum atomic E-state index is -0.878. The fourth-order valence-corrected chi connectivity index (χ4v) is 4.89. The van der Waals surface area contributed by atoms with Gasteiger partial charge in [0.15, 0.2) is 0 Å². The van der Waals surface area contributed by atoms with Crippen LogP contribution in [0.2, 0.25) is 0 Å². The van der Waals surface area contributed by atoms with Gasteiger partial charge in [-0.1, -0.05) is 39.2 Å². The number of aromatic hydroxyl groups is 1. The van der Waals surface area contributed by atoms with Gasteiger partial charge in [0.1, 0.15) is 5.75 Å². The molecule has 1 aliphatic heterocycles. The highest BCUT2D eigenvalue weighted by molar-refractivity contribution is 9.09. The Morgan fingerprint density at radius 3 is 2.79 bits per heavy atom. The quantitative estimate of drug-likeness (QED) is 0.305. The smallest absolute Gasteiger partial charge is 0.338 e. The number of halogens is 1. The van der Waals surface area contributed by atoms with Gasteiger partial charge < -0.3 is 14.9 Å². The number of phenols is 1. The Kier molecular flexibility index (Phi) is 6.90. The number of aliphatic hydroxyl groups is 1. The molecule has 0 spiro atoms. The maximum Gasteiger partial charge on any atom is 0.338 e. The van der Waals surface area contributed by atoms with E-state index in [9.17, 15) is 15.0 Å². The second-order valence-electron chi connectivity index (χ2n) is 8.68. The van der Waals surface area contributed by atoms with Crippen molar-refractivity contribution < 1.29 is 19.7 Å². The van der Waals surface area contributed by atoms with E-state index in [1.807, 2.05) is 6.92 Å². The third kappa shape index (κ3) is 5.13. The molecule has 5 heteroatoms. The van der Waals surface area contributed by atoms with Gasteiger partial charge in [-0.25, -0.2) is 4.79 Å². The number of carbonyl (C=O) groups is 1. The first-order valence-electron chi connectivity index (χ1n) is 10.4. The topological polar surface area (TPSA) is 66.8 Å². The fourth-order valence-electron chi connectivity index (χ4n) is 4.40. The molecule has 2 bridgehead atoms. The highest BCUT2D eigenvalue weighted by atomic mass is 79.9. The van der Waals surface area contributed by atoms with E-state index in [1.54, 1.807) is 18.2 Å². The van der Waals surface area contributed by atoms with Crippen LogP contribution in [-0.4, -0.2) is 33.2 Å². The highest BCUT2D eigenvalue weighted by Gasteiger charge is 2.32. The zero-order chi connectivity index (χ0) is 21.2. The van der Waals surface area contributed by atoms with Crippen molar-refractivity contribution in [3.05, 3.63) is 52.6 Å². The first kappa shape index (κ1) is 22.1. The molecule has 0 radical (unpaired) electrons. The molecule has 158 valence electrons. The molecule has 0 saturated heterocycles. The molecular formula is C24H31BrO4. The predicted octanol–water partition coefficient (Wildman–Crippen LogP) is 5.46. The standard InChI is InChI=1S/C24H31BrO4/c1-15-5-6-16(2)20-14-18-13-17(7-9-21(18)26)23(27)29-12-4-11-24(3,28)22(25)10-8-19(15)20/h7,9,13,19,22,26,28H,1,4-6,8,10-12,14H2,2-3H3/t19?,22-,24+/m1/s1. The molecule has 0 aromatic heterocycles. The first-order chi connectivity index (χ1) is 13.7. The van der Waals surface area contributed by atoms with Crippen LogP contribution < -0.4 is 0 Å². The SMILES string of the molecule is C=C1CCC(C)=C2Cc3cc(ccc3O)C(=O)OCCC[C@](C)(O)[C@H](Br)CCC12. The summed E-state index contributed by atoms with van der Waals surface area (Å²) >= 11 is 3.70. The van der Waals surface area contributed by atoms with E-state index in [0.717, 1.165) is 31.2 Å². The Labute approximate surface area is 181 Å². The number of phenolic OH excluding ortho intramolecular Hbond substituents is 1. The largest absolute Gasteiger partial charge is 0.508 e. The van der Waals surface area contributed by atoms with Crippen molar-refractivity contribution in [1.82, 2.24) is 0 Å². The van der Waals surface area contributed by atoms with E-state index >= 15 is 0 Å². The lowest BCUT2D eigenvalue weighted by Crippen LogP contribution is -2.36. The van der Waals surface area contributed by atoms with Crippen molar-refractivity contribution >= 4 is 21.9 Å². The van der Waals surface area contributed by atoms with E-state index in [2.05, 4.69) is 29.4 Å². The number of carbonyl (C=O) groups excluding carboxylic acids is 1. The molecule has 0 amide bonds. The number of rotatable bonds is 0. The molecule has 4 nitrogen and oxygen atoms in total. The summed E-state index contributed by atoms with van der Waals surface area (Å²) in [6, 6.07) is 4.92. The van der Waals surface area contributed by atoms with Gasteiger partial charge in [0.2, 0.25) is 0 Å². The Morgan fingerprint density at radius 2 is 2.03 bits per heavy atom. The zero-order valence-corrected chi connectivity index (χ0v) is 18.9. The molecule has 2 aliphatic rings. The summed E-state index contributed by atoms with van der Waals surface area (Å²) in [5.41, 5.74) is 4.13. The number of benzene rings is 1. The normalized spacial score (nSPS) is 29.5. The Morgan fingerprint density at radius 1 is 1.28 bits per heavy atom. The summed E-state index contributed by atoms with van der Waals surface area (Å²) in [6.45, 7) is 8.58. The Balaban J connectivity index is 1.99. The van der Waals surface area contributed by atoms with Crippen molar-refractivity contribution in [1.29, 1.82) is 0 Å². The molecule has 0 saturated carbocycles. The van der Waals surface area contributed by atoms with Gasteiger partial charge in [-0.2, -0.15) is 0 Å². The maximum atomic E-state index is 12.5. The number of alkyl halides is 1. The van der Waals surface area contributed by atoms with E-state index in [0.29, 0.717) is 24.8 Å². The van der Waals surface area contributed by atoms with Crippen LogP contribution in [0.25, 0.3) is 0 Å². The van der Waals surface area contributed by atoms with Gasteiger partial charge in [-0.05, 0) is 82.6 Å². The minimum absolute atomic E-state index is 0.0541. The molecule has 29 heavy (non-hydrogen) atoms. The van der Waals surface area contributed by atoms with Crippen molar-refractivity contribution in [3.8, 4) is 5.75 Å². The molecule has 1 aliphatic carbocycles. The average Bonchev–Trinajstić information content (AvgIpc) is 2.68. The second kappa shape index (κ2) is 9.05. The van der Waals surface area contributed by atoms with Crippen LogP contribution >= 0.6 is 15.9 Å². The van der Waals surface area contributed by atoms with Crippen LogP contribution in [-0.2, 0) is 11.2 Å². The molecule has 1 aromatic carbocycles. The molecule has 0 fully saturated rings. The molecule has 3 atom stereocenters. The Bertz CT molecular complexity index is 824. The fraction of sp³-hybridized carbons (Fsp3) is 0.542. The van der Waals surface area contributed by atoms with Crippen LogP contribution in [0.1, 0.15) is 68.3 Å². The van der Waals surface area contributed by atoms with Gasteiger partial charge in [-0.15, -0.1) is 0 Å². The summed E-state index contributed by atoms with van der Waals surface area (Å²) in [7, 11) is 0. The predicted molar refractivity (Wildman–Crippen MR) is 118 cm³/mol. The van der Waals surface area contributed by atoms with Crippen LogP contribution in [0.5, 0.6) is 5.75 Å². The summed E-state index contributed by atoms with van der Waals surface area (Å²) in [5, 5.41) is 21.3. The molecule has 1 heterocycles. The van der Waals surface area contributed by atoms with Crippen molar-refractivity contribution in [2.75, 3.05) is 6.61 Å². The number of ether oxygens (including phenoxy) is 1. The van der Waals surface area contributed by atoms with Crippen LogP contribution in [0.4, 0.5) is 0 Å². The van der Waals surface area contributed by atoms with Crippen LogP contribution in [0.3, 0.4) is 0 Å². The van der Waals surface area contributed by atoms with Crippen LogP contribution in [0.15, 0.2) is 41.5 Å². The van der Waals surface area contributed by atoms with Crippen molar-refractivity contribution in [2.45, 2.75) is 69.2 Å². The lowest BCUT2D eigenvalue weighted by molar-refractivity contribution is 0.0287. The number of allylic oxidation sites excluding steroid dienone is 3. The molecular weight excluding hydrogens is 432 g/mol.